The van der Waals surface area contributed by atoms with E-state index in [2.05, 4.69) is 15.4 Å². The summed E-state index contributed by atoms with van der Waals surface area (Å²) in [6.07, 6.45) is 3.22. The maximum absolute atomic E-state index is 12.5. The number of hydrogen-bond acceptors (Lipinski definition) is 5. The highest BCUT2D eigenvalue weighted by atomic mass is 35.5. The molecule has 4 N–H and O–H groups in total. The molecule has 0 spiro atoms. The first-order valence-corrected chi connectivity index (χ1v) is 10.2. The first kappa shape index (κ1) is 21.2. The number of pyridine rings is 1. The minimum Gasteiger partial charge on any atom is -0.494 e. The number of benzene rings is 1. The lowest BCUT2D eigenvalue weighted by Gasteiger charge is -2.14. The second kappa shape index (κ2) is 8.22. The third kappa shape index (κ3) is 3.85. The number of rotatable bonds is 5. The smallest absolute Gasteiger partial charge is 0.245 e. The molecule has 0 atom stereocenters. The van der Waals surface area contributed by atoms with Crippen LogP contribution in [0, 0.1) is 6.92 Å². The molecule has 0 saturated carbocycles. The minimum atomic E-state index is -0.318. The van der Waals surface area contributed by atoms with E-state index < -0.39 is 0 Å². The van der Waals surface area contributed by atoms with Gasteiger partial charge in [0.2, 0.25) is 11.8 Å². The number of hydrogen-bond donors (Lipinski definition) is 3. The van der Waals surface area contributed by atoms with Gasteiger partial charge in [-0.25, -0.2) is 0 Å². The SMILES string of the molecule is Cc1nc2cn(CC(=O)Nc3ccnn3C)c(O)c2c(-c2ccc(Cl)cc2Cl)c1CN. The molecule has 0 radical (unpaired) electrons. The van der Waals surface area contributed by atoms with Crippen LogP contribution in [0.2, 0.25) is 10.0 Å². The van der Waals surface area contributed by atoms with Crippen molar-refractivity contribution in [1.29, 1.82) is 0 Å². The molecule has 3 aromatic heterocycles. The summed E-state index contributed by atoms with van der Waals surface area (Å²) in [5.74, 6) is 0.133. The van der Waals surface area contributed by atoms with Crippen LogP contribution < -0.4 is 11.1 Å². The van der Waals surface area contributed by atoms with E-state index in [4.69, 9.17) is 28.9 Å². The van der Waals surface area contributed by atoms with Gasteiger partial charge < -0.3 is 20.7 Å². The van der Waals surface area contributed by atoms with Crippen LogP contribution in [0.5, 0.6) is 5.88 Å². The van der Waals surface area contributed by atoms with E-state index in [1.807, 2.05) is 6.92 Å². The predicted molar refractivity (Wildman–Crippen MR) is 121 cm³/mol. The summed E-state index contributed by atoms with van der Waals surface area (Å²) in [5.41, 5.74) is 9.37. The molecule has 10 heteroatoms. The van der Waals surface area contributed by atoms with Crippen molar-refractivity contribution < 1.29 is 9.90 Å². The van der Waals surface area contributed by atoms with E-state index in [0.717, 1.165) is 5.56 Å². The van der Waals surface area contributed by atoms with Crippen molar-refractivity contribution in [3.05, 3.63) is 58.0 Å². The fourth-order valence-corrected chi connectivity index (χ4v) is 4.13. The Labute approximate surface area is 188 Å². The van der Waals surface area contributed by atoms with E-state index in [0.29, 0.717) is 43.6 Å². The molecule has 1 amide bonds. The fraction of sp³-hybridized carbons (Fsp3) is 0.190. The standard InChI is InChI=1S/C21H20Cl2N6O2/c1-11-14(8-24)19(13-4-3-12(22)7-15(13)23)20-16(26-11)9-29(21(20)31)10-18(30)27-17-5-6-25-28(17)2/h3-7,9,31H,8,10,24H2,1-2H3,(H,27,30). The van der Waals surface area contributed by atoms with Gasteiger partial charge in [0.25, 0.3) is 0 Å². The van der Waals surface area contributed by atoms with Gasteiger partial charge in [0.1, 0.15) is 12.4 Å². The van der Waals surface area contributed by atoms with Crippen molar-refractivity contribution in [1.82, 2.24) is 19.3 Å². The van der Waals surface area contributed by atoms with Gasteiger partial charge in [-0.15, -0.1) is 0 Å². The van der Waals surface area contributed by atoms with Crippen LogP contribution >= 0.6 is 23.2 Å². The van der Waals surface area contributed by atoms with E-state index in [1.165, 1.54) is 4.57 Å². The van der Waals surface area contributed by atoms with Crippen molar-refractivity contribution in [2.45, 2.75) is 20.0 Å². The Balaban J connectivity index is 1.83. The Kier molecular flexibility index (Phi) is 5.62. The zero-order chi connectivity index (χ0) is 22.3. The maximum Gasteiger partial charge on any atom is 0.245 e. The third-order valence-corrected chi connectivity index (χ3v) is 5.66. The van der Waals surface area contributed by atoms with Crippen molar-refractivity contribution in [3.8, 4) is 17.0 Å². The monoisotopic (exact) mass is 458 g/mol. The molecule has 1 aromatic carbocycles. The first-order valence-electron chi connectivity index (χ1n) is 9.44. The average Bonchev–Trinajstić information content (AvgIpc) is 3.24. The zero-order valence-electron chi connectivity index (χ0n) is 16.9. The molecule has 160 valence electrons. The Morgan fingerprint density at radius 2 is 2.06 bits per heavy atom. The van der Waals surface area contributed by atoms with Gasteiger partial charge >= 0.3 is 0 Å². The number of amides is 1. The van der Waals surface area contributed by atoms with Gasteiger partial charge in [0, 0.05) is 52.7 Å². The lowest BCUT2D eigenvalue weighted by molar-refractivity contribution is -0.116. The number of fused-ring (bicyclic) bond motifs is 1. The lowest BCUT2D eigenvalue weighted by atomic mass is 9.95. The molecule has 0 aliphatic heterocycles. The summed E-state index contributed by atoms with van der Waals surface area (Å²) < 4.78 is 2.99. The normalized spacial score (nSPS) is 11.3. The van der Waals surface area contributed by atoms with Crippen LogP contribution in [0.15, 0.2) is 36.7 Å². The van der Waals surface area contributed by atoms with E-state index >= 15 is 0 Å². The number of aromatic hydroxyl groups is 1. The van der Waals surface area contributed by atoms with E-state index in [-0.39, 0.29) is 24.9 Å². The summed E-state index contributed by atoms with van der Waals surface area (Å²) in [6, 6.07) is 6.82. The lowest BCUT2D eigenvalue weighted by Crippen LogP contribution is -2.19. The number of nitrogens with zero attached hydrogens (tertiary/aromatic N) is 4. The van der Waals surface area contributed by atoms with Gasteiger partial charge in [0.15, 0.2) is 0 Å². The molecule has 0 fully saturated rings. The Morgan fingerprint density at radius 1 is 1.29 bits per heavy atom. The van der Waals surface area contributed by atoms with E-state index in [9.17, 15) is 9.90 Å². The number of nitrogens with one attached hydrogen (secondary N) is 1. The molecule has 4 rings (SSSR count). The summed E-state index contributed by atoms with van der Waals surface area (Å²) in [7, 11) is 1.72. The average molecular weight is 459 g/mol. The number of halogens is 2. The highest BCUT2D eigenvalue weighted by Gasteiger charge is 2.22. The molecule has 0 unspecified atom stereocenters. The van der Waals surface area contributed by atoms with Crippen LogP contribution in [0.3, 0.4) is 0 Å². The number of nitrogens with two attached hydrogens (primary N) is 1. The quantitative estimate of drug-likeness (QED) is 0.420. The number of carbonyl (C=O) groups is 1. The molecule has 3 heterocycles. The zero-order valence-corrected chi connectivity index (χ0v) is 18.4. The predicted octanol–water partition coefficient (Wildman–Crippen LogP) is 3.86. The molecular weight excluding hydrogens is 439 g/mol. The second-order valence-corrected chi connectivity index (χ2v) is 7.95. The largest absolute Gasteiger partial charge is 0.494 e. The highest BCUT2D eigenvalue weighted by molar-refractivity contribution is 6.36. The van der Waals surface area contributed by atoms with Gasteiger partial charge in [-0.2, -0.15) is 5.10 Å². The molecule has 0 aliphatic rings. The maximum atomic E-state index is 12.5. The summed E-state index contributed by atoms with van der Waals surface area (Å²) >= 11 is 12.5. The molecular formula is C21H20Cl2N6O2. The number of carbonyl (C=O) groups excluding carboxylic acids is 1. The minimum absolute atomic E-state index is 0.0987. The molecule has 8 nitrogen and oxygen atoms in total. The number of aromatic nitrogens is 4. The Hall–Kier alpha value is -3.07. The fourth-order valence-electron chi connectivity index (χ4n) is 3.63. The van der Waals surface area contributed by atoms with E-state index in [1.54, 1.807) is 48.4 Å². The van der Waals surface area contributed by atoms with Crippen molar-refractivity contribution in [3.63, 3.8) is 0 Å². The van der Waals surface area contributed by atoms with Gasteiger partial charge in [-0.1, -0.05) is 29.3 Å². The van der Waals surface area contributed by atoms with Gasteiger partial charge in [-0.3, -0.25) is 14.5 Å². The number of aryl methyl sites for hydroxylation is 2. The molecule has 0 bridgehead atoms. The highest BCUT2D eigenvalue weighted by Crippen LogP contribution is 2.42. The first-order chi connectivity index (χ1) is 14.8. The molecule has 31 heavy (non-hydrogen) atoms. The Morgan fingerprint density at radius 3 is 2.71 bits per heavy atom. The number of anilines is 1. The van der Waals surface area contributed by atoms with Crippen LogP contribution in [-0.2, 0) is 24.9 Å². The van der Waals surface area contributed by atoms with Crippen molar-refractivity contribution >= 4 is 45.8 Å². The molecule has 0 saturated heterocycles. The second-order valence-electron chi connectivity index (χ2n) is 7.11. The van der Waals surface area contributed by atoms with Crippen molar-refractivity contribution in [2.24, 2.45) is 12.8 Å². The molecule has 4 aromatic rings. The third-order valence-electron chi connectivity index (χ3n) is 5.11. The summed E-state index contributed by atoms with van der Waals surface area (Å²) in [5, 5.41) is 19.2. The van der Waals surface area contributed by atoms with Gasteiger partial charge in [-0.05, 0) is 24.6 Å². The summed E-state index contributed by atoms with van der Waals surface area (Å²) in [4.78, 5) is 17.1. The molecule has 0 aliphatic carbocycles. The van der Waals surface area contributed by atoms with Crippen LogP contribution in [0.4, 0.5) is 5.82 Å². The topological polar surface area (TPSA) is 111 Å². The van der Waals surface area contributed by atoms with Crippen LogP contribution in [-0.4, -0.2) is 30.3 Å². The van der Waals surface area contributed by atoms with Gasteiger partial charge in [0.05, 0.1) is 17.1 Å². The van der Waals surface area contributed by atoms with Crippen molar-refractivity contribution in [2.75, 3.05) is 5.32 Å². The van der Waals surface area contributed by atoms with Crippen LogP contribution in [0.1, 0.15) is 11.3 Å². The Bertz CT molecular complexity index is 1310. The van der Waals surface area contributed by atoms with Crippen LogP contribution in [0.25, 0.3) is 22.0 Å². The summed E-state index contributed by atoms with van der Waals surface area (Å²) in [6.45, 7) is 1.94.